The molecule has 1 saturated heterocycles. The number of amides is 1. The van der Waals surface area contributed by atoms with Gasteiger partial charge in [0.2, 0.25) is 0 Å². The molecule has 2 heterocycles. The highest BCUT2D eigenvalue weighted by Gasteiger charge is 2.43. The number of allylic oxidation sites excluding steroid dienone is 3. The number of carbonyl (C=O) groups excluding carboxylic acids is 2. The lowest BCUT2D eigenvalue weighted by Gasteiger charge is -2.41. The number of ketones is 1. The SMILES string of the molecule is CCCOc1ccc(C2C(C(=O)N3CCCCC3)=C(C)NC3=C2C(=O)CC(C)(C)C3)cc1OC. The first-order valence-corrected chi connectivity index (χ1v) is 12.6. The summed E-state index contributed by atoms with van der Waals surface area (Å²) in [7, 11) is 1.63. The fourth-order valence-electron chi connectivity index (χ4n) is 5.52. The Morgan fingerprint density at radius 3 is 2.56 bits per heavy atom. The van der Waals surface area contributed by atoms with Crippen molar-refractivity contribution in [2.75, 3.05) is 26.8 Å². The van der Waals surface area contributed by atoms with Gasteiger partial charge in [0.05, 0.1) is 13.7 Å². The maximum Gasteiger partial charge on any atom is 0.252 e. The zero-order valence-corrected chi connectivity index (χ0v) is 21.3. The van der Waals surface area contributed by atoms with Crippen LogP contribution in [0.25, 0.3) is 0 Å². The first kappa shape index (κ1) is 24.4. The third kappa shape index (κ3) is 4.73. The molecule has 0 saturated carbocycles. The van der Waals surface area contributed by atoms with Crippen molar-refractivity contribution >= 4 is 11.7 Å². The largest absolute Gasteiger partial charge is 0.493 e. The van der Waals surface area contributed by atoms with Gasteiger partial charge in [-0.1, -0.05) is 26.8 Å². The van der Waals surface area contributed by atoms with Gasteiger partial charge in [0.1, 0.15) is 0 Å². The van der Waals surface area contributed by atoms with Crippen LogP contribution in [0.4, 0.5) is 0 Å². The van der Waals surface area contributed by atoms with Gasteiger partial charge < -0.3 is 19.7 Å². The van der Waals surface area contributed by atoms with Crippen molar-refractivity contribution in [2.45, 2.75) is 72.1 Å². The van der Waals surface area contributed by atoms with Crippen molar-refractivity contribution in [2.24, 2.45) is 5.41 Å². The summed E-state index contributed by atoms with van der Waals surface area (Å²) in [5, 5.41) is 3.48. The molecule has 1 aromatic rings. The molecule has 34 heavy (non-hydrogen) atoms. The molecule has 1 aromatic carbocycles. The molecule has 1 atom stereocenters. The van der Waals surface area contributed by atoms with E-state index in [9.17, 15) is 9.59 Å². The van der Waals surface area contributed by atoms with E-state index in [0.717, 1.165) is 67.7 Å². The fourth-order valence-corrected chi connectivity index (χ4v) is 5.52. The maximum atomic E-state index is 13.9. The molecule has 184 valence electrons. The topological polar surface area (TPSA) is 67.9 Å². The van der Waals surface area contributed by atoms with Gasteiger partial charge in [-0.05, 0) is 62.1 Å². The van der Waals surface area contributed by atoms with Gasteiger partial charge >= 0.3 is 0 Å². The third-order valence-corrected chi connectivity index (χ3v) is 7.10. The molecule has 1 unspecified atom stereocenters. The van der Waals surface area contributed by atoms with E-state index in [1.54, 1.807) is 7.11 Å². The standard InChI is InChI=1S/C28H38N2O4/c1-6-14-34-22-11-10-19(15-23(22)33-5)25-24(27(32)30-12-8-7-9-13-30)18(2)29-20-16-28(3,4)17-21(31)26(20)25/h10-11,15,25,29H,6-9,12-14,16-17H2,1-5H3. The van der Waals surface area contributed by atoms with E-state index in [-0.39, 0.29) is 17.1 Å². The second-order valence-corrected chi connectivity index (χ2v) is 10.5. The van der Waals surface area contributed by atoms with Gasteiger partial charge in [-0.15, -0.1) is 0 Å². The van der Waals surface area contributed by atoms with E-state index in [1.165, 1.54) is 0 Å². The molecular formula is C28H38N2O4. The van der Waals surface area contributed by atoms with Crippen LogP contribution in [0.5, 0.6) is 11.5 Å². The van der Waals surface area contributed by atoms with Crippen LogP contribution in [-0.4, -0.2) is 43.4 Å². The minimum Gasteiger partial charge on any atom is -0.493 e. The van der Waals surface area contributed by atoms with Gasteiger partial charge in [0, 0.05) is 48.0 Å². The average Bonchev–Trinajstić information content (AvgIpc) is 2.81. The van der Waals surface area contributed by atoms with Crippen molar-refractivity contribution < 1.29 is 19.1 Å². The molecule has 1 fully saturated rings. The Labute approximate surface area is 203 Å². The van der Waals surface area contributed by atoms with Gasteiger partial charge in [0.25, 0.3) is 5.91 Å². The highest BCUT2D eigenvalue weighted by atomic mass is 16.5. The van der Waals surface area contributed by atoms with Gasteiger partial charge in [-0.25, -0.2) is 0 Å². The van der Waals surface area contributed by atoms with Crippen LogP contribution >= 0.6 is 0 Å². The summed E-state index contributed by atoms with van der Waals surface area (Å²) in [5.41, 5.74) is 3.98. The van der Waals surface area contributed by atoms with Gasteiger partial charge in [-0.2, -0.15) is 0 Å². The maximum absolute atomic E-state index is 13.9. The number of benzene rings is 1. The Morgan fingerprint density at radius 1 is 1.15 bits per heavy atom. The molecular weight excluding hydrogens is 428 g/mol. The number of ether oxygens (including phenoxy) is 2. The van der Waals surface area contributed by atoms with Crippen LogP contribution in [0, 0.1) is 5.41 Å². The Balaban J connectivity index is 1.82. The summed E-state index contributed by atoms with van der Waals surface area (Å²) in [6.45, 7) is 10.4. The third-order valence-electron chi connectivity index (χ3n) is 7.10. The van der Waals surface area contributed by atoms with Crippen molar-refractivity contribution in [3.63, 3.8) is 0 Å². The smallest absolute Gasteiger partial charge is 0.252 e. The van der Waals surface area contributed by atoms with Gasteiger partial charge in [0.15, 0.2) is 17.3 Å². The number of Topliss-reactive ketones (excluding diaryl/α,β-unsaturated/α-hetero) is 1. The summed E-state index contributed by atoms with van der Waals surface area (Å²) in [6.07, 6.45) is 5.35. The number of dihydropyridines is 1. The Morgan fingerprint density at radius 2 is 1.88 bits per heavy atom. The van der Waals surface area contributed by atoms with E-state index in [2.05, 4.69) is 26.1 Å². The lowest BCUT2D eigenvalue weighted by molar-refractivity contribution is -0.128. The minimum atomic E-state index is -0.414. The normalized spacial score (nSPS) is 22.3. The number of methoxy groups -OCH3 is 1. The second kappa shape index (κ2) is 9.85. The lowest BCUT2D eigenvalue weighted by Crippen LogP contribution is -2.43. The van der Waals surface area contributed by atoms with Crippen molar-refractivity contribution in [1.82, 2.24) is 10.2 Å². The zero-order chi connectivity index (χ0) is 24.5. The van der Waals surface area contributed by atoms with Crippen LogP contribution in [-0.2, 0) is 9.59 Å². The number of hydrogen-bond donors (Lipinski definition) is 1. The molecule has 6 heteroatoms. The number of piperidine rings is 1. The fraction of sp³-hybridized carbons (Fsp3) is 0.571. The van der Waals surface area contributed by atoms with Gasteiger partial charge in [-0.3, -0.25) is 9.59 Å². The Bertz CT molecular complexity index is 1030. The molecule has 6 nitrogen and oxygen atoms in total. The monoisotopic (exact) mass is 466 g/mol. The van der Waals surface area contributed by atoms with Crippen LogP contribution in [0.15, 0.2) is 40.7 Å². The number of carbonyl (C=O) groups is 2. The number of likely N-dealkylation sites (tertiary alicyclic amines) is 1. The molecule has 0 radical (unpaired) electrons. The van der Waals surface area contributed by atoms with Crippen molar-refractivity contribution in [1.29, 1.82) is 0 Å². The molecule has 1 amide bonds. The number of nitrogens with zero attached hydrogens (tertiary/aromatic N) is 1. The zero-order valence-electron chi connectivity index (χ0n) is 21.3. The van der Waals surface area contributed by atoms with Crippen molar-refractivity contribution in [3.05, 3.63) is 46.3 Å². The molecule has 2 aliphatic heterocycles. The molecule has 1 aliphatic carbocycles. The first-order valence-electron chi connectivity index (χ1n) is 12.6. The average molecular weight is 467 g/mol. The van der Waals surface area contributed by atoms with Crippen molar-refractivity contribution in [3.8, 4) is 11.5 Å². The Kier molecular flexibility index (Phi) is 7.06. The summed E-state index contributed by atoms with van der Waals surface area (Å²) < 4.78 is 11.5. The molecule has 3 aliphatic rings. The van der Waals surface area contributed by atoms with E-state index >= 15 is 0 Å². The highest BCUT2D eigenvalue weighted by Crippen LogP contribution is 2.48. The summed E-state index contributed by atoms with van der Waals surface area (Å²) in [6, 6.07) is 5.83. The van der Waals surface area contributed by atoms with E-state index in [0.29, 0.717) is 30.1 Å². The highest BCUT2D eigenvalue weighted by molar-refractivity contribution is 6.05. The molecule has 0 spiro atoms. The second-order valence-electron chi connectivity index (χ2n) is 10.5. The summed E-state index contributed by atoms with van der Waals surface area (Å²) in [4.78, 5) is 29.4. The van der Waals surface area contributed by atoms with E-state index in [1.807, 2.05) is 30.0 Å². The molecule has 0 bridgehead atoms. The van der Waals surface area contributed by atoms with Crippen LogP contribution in [0.2, 0.25) is 0 Å². The molecule has 0 aromatic heterocycles. The molecule has 4 rings (SSSR count). The quantitative estimate of drug-likeness (QED) is 0.632. The summed E-state index contributed by atoms with van der Waals surface area (Å²) in [5.74, 6) is 1.03. The minimum absolute atomic E-state index is 0.0316. The lowest BCUT2D eigenvalue weighted by atomic mass is 9.68. The van der Waals surface area contributed by atoms with Crippen LogP contribution in [0.3, 0.4) is 0 Å². The predicted molar refractivity (Wildman–Crippen MR) is 133 cm³/mol. The predicted octanol–water partition coefficient (Wildman–Crippen LogP) is 5.10. The number of nitrogens with one attached hydrogen (secondary N) is 1. The first-order chi connectivity index (χ1) is 16.3. The van der Waals surface area contributed by atoms with E-state index < -0.39 is 5.92 Å². The van der Waals surface area contributed by atoms with Crippen LogP contribution < -0.4 is 14.8 Å². The Hall–Kier alpha value is -2.76. The van der Waals surface area contributed by atoms with E-state index in [4.69, 9.17) is 9.47 Å². The number of hydrogen-bond acceptors (Lipinski definition) is 5. The van der Waals surface area contributed by atoms with Crippen LogP contribution in [0.1, 0.15) is 77.7 Å². The molecule has 1 N–H and O–H groups in total. The number of rotatable bonds is 6. The summed E-state index contributed by atoms with van der Waals surface area (Å²) >= 11 is 0.